The molecule has 0 heterocycles. The average Bonchev–Trinajstić information content (AvgIpc) is 1.88. The van der Waals surface area contributed by atoms with Crippen LogP contribution in [-0.4, -0.2) is 31.2 Å². The van der Waals surface area contributed by atoms with Crippen LogP contribution in [0.1, 0.15) is 27.7 Å². The van der Waals surface area contributed by atoms with Gasteiger partial charge in [0.1, 0.15) is 5.78 Å². The van der Waals surface area contributed by atoms with E-state index in [0.717, 1.165) is 6.61 Å². The summed E-state index contributed by atoms with van der Waals surface area (Å²) < 4.78 is 4.54. The van der Waals surface area contributed by atoms with Gasteiger partial charge < -0.3 is 14.6 Å². The van der Waals surface area contributed by atoms with E-state index in [9.17, 15) is 4.79 Å². The van der Waals surface area contributed by atoms with E-state index in [-0.39, 0.29) is 12.4 Å². The van der Waals surface area contributed by atoms with Crippen LogP contribution in [0.4, 0.5) is 0 Å². The SMILES string of the molecule is CC(C)=O.CCO.CCOC. The summed E-state index contributed by atoms with van der Waals surface area (Å²) >= 11 is 0. The monoisotopic (exact) mass is 164 g/mol. The van der Waals surface area contributed by atoms with Gasteiger partial charge in [0, 0.05) is 20.3 Å². The third kappa shape index (κ3) is 1590. The predicted molar refractivity (Wildman–Crippen MR) is 46.7 cm³/mol. The zero-order valence-electron chi connectivity index (χ0n) is 8.18. The summed E-state index contributed by atoms with van der Waals surface area (Å²) in [4.78, 5) is 9.44. The summed E-state index contributed by atoms with van der Waals surface area (Å²) in [5, 5.41) is 7.57. The Kier molecular flexibility index (Phi) is 34.8. The van der Waals surface area contributed by atoms with E-state index in [1.807, 2.05) is 6.92 Å². The standard InChI is InChI=1S/C3H8O.C3H6O.C2H6O/c1-3-4-2;1-3(2)4;1-2-3/h3H2,1-2H3;1-2H3;3H,2H2,1H3. The highest BCUT2D eigenvalue weighted by Crippen LogP contribution is 1.52. The second kappa shape index (κ2) is 22.6. The third-order valence-electron chi connectivity index (χ3n) is 0.289. The molecular formula is C8H20O3. The lowest BCUT2D eigenvalue weighted by atomic mass is 10.6. The molecular weight excluding hydrogens is 144 g/mol. The third-order valence-corrected chi connectivity index (χ3v) is 0.289. The molecule has 0 saturated carbocycles. The van der Waals surface area contributed by atoms with E-state index in [1.165, 1.54) is 13.8 Å². The van der Waals surface area contributed by atoms with Crippen molar-refractivity contribution in [2.45, 2.75) is 27.7 Å². The van der Waals surface area contributed by atoms with Gasteiger partial charge in [0.15, 0.2) is 0 Å². The fraction of sp³-hybridized carbons (Fsp3) is 0.875. The summed E-state index contributed by atoms with van der Waals surface area (Å²) in [6.45, 7) is 7.76. The molecule has 0 unspecified atom stereocenters. The molecule has 0 aliphatic rings. The highest BCUT2D eigenvalue weighted by Gasteiger charge is 1.62. The first-order valence-electron chi connectivity index (χ1n) is 3.63. The molecule has 0 bridgehead atoms. The van der Waals surface area contributed by atoms with Crippen molar-refractivity contribution in [3.05, 3.63) is 0 Å². The van der Waals surface area contributed by atoms with Gasteiger partial charge in [-0.05, 0) is 27.7 Å². The number of aliphatic hydroxyl groups excluding tert-OH is 1. The van der Waals surface area contributed by atoms with Gasteiger partial charge in [-0.3, -0.25) is 0 Å². The molecule has 11 heavy (non-hydrogen) atoms. The lowest BCUT2D eigenvalue weighted by Crippen LogP contribution is -1.73. The van der Waals surface area contributed by atoms with Crippen molar-refractivity contribution in [1.29, 1.82) is 0 Å². The van der Waals surface area contributed by atoms with Crippen molar-refractivity contribution < 1.29 is 14.6 Å². The fourth-order valence-corrected chi connectivity index (χ4v) is 0. The molecule has 0 aliphatic heterocycles. The van der Waals surface area contributed by atoms with Gasteiger partial charge in [-0.1, -0.05) is 0 Å². The summed E-state index contributed by atoms with van der Waals surface area (Å²) in [6.07, 6.45) is 0. The number of methoxy groups -OCH3 is 1. The number of hydrogen-bond donors (Lipinski definition) is 1. The summed E-state index contributed by atoms with van der Waals surface area (Å²) in [5.74, 6) is 0.167. The fourth-order valence-electron chi connectivity index (χ4n) is 0. The van der Waals surface area contributed by atoms with Crippen molar-refractivity contribution in [3.8, 4) is 0 Å². The molecule has 0 aromatic rings. The van der Waals surface area contributed by atoms with Crippen molar-refractivity contribution >= 4 is 5.78 Å². The Hall–Kier alpha value is -0.410. The molecule has 70 valence electrons. The molecule has 0 atom stereocenters. The maximum absolute atomic E-state index is 9.44. The summed E-state index contributed by atoms with van der Waals surface area (Å²) in [6, 6.07) is 0. The second-order valence-corrected chi connectivity index (χ2v) is 1.80. The predicted octanol–water partition coefficient (Wildman–Crippen LogP) is 1.25. The van der Waals surface area contributed by atoms with Gasteiger partial charge in [-0.2, -0.15) is 0 Å². The van der Waals surface area contributed by atoms with Crippen LogP contribution in [0.15, 0.2) is 0 Å². The number of carbonyl (C=O) groups is 1. The molecule has 3 heteroatoms. The molecule has 0 aromatic heterocycles. The molecule has 0 radical (unpaired) electrons. The van der Waals surface area contributed by atoms with E-state index in [0.29, 0.717) is 0 Å². The number of hydrogen-bond acceptors (Lipinski definition) is 3. The van der Waals surface area contributed by atoms with Crippen LogP contribution in [0.5, 0.6) is 0 Å². The largest absolute Gasteiger partial charge is 0.397 e. The Balaban J connectivity index is -0.0000000886. The Bertz CT molecular complexity index is 56.4. The number of ketones is 1. The topological polar surface area (TPSA) is 46.5 Å². The maximum Gasteiger partial charge on any atom is 0.126 e. The van der Waals surface area contributed by atoms with E-state index >= 15 is 0 Å². The van der Waals surface area contributed by atoms with Crippen LogP contribution < -0.4 is 0 Å². The van der Waals surface area contributed by atoms with Gasteiger partial charge in [0.05, 0.1) is 0 Å². The number of rotatable bonds is 1. The molecule has 0 fully saturated rings. The van der Waals surface area contributed by atoms with Crippen molar-refractivity contribution in [2.24, 2.45) is 0 Å². The first-order chi connectivity index (χ1) is 5.06. The van der Waals surface area contributed by atoms with Gasteiger partial charge in [0.25, 0.3) is 0 Å². The van der Waals surface area contributed by atoms with Crippen LogP contribution in [0, 0.1) is 0 Å². The van der Waals surface area contributed by atoms with E-state index in [1.54, 1.807) is 14.0 Å². The number of ether oxygens (including phenoxy) is 1. The maximum atomic E-state index is 9.44. The summed E-state index contributed by atoms with van der Waals surface area (Å²) in [7, 11) is 1.68. The molecule has 0 aromatic carbocycles. The smallest absolute Gasteiger partial charge is 0.126 e. The molecule has 0 amide bonds. The van der Waals surface area contributed by atoms with Crippen LogP contribution >= 0.6 is 0 Å². The zero-order chi connectivity index (χ0) is 9.70. The van der Waals surface area contributed by atoms with Crippen molar-refractivity contribution in [3.63, 3.8) is 0 Å². The number of Topliss-reactive ketones (excluding diaryl/α,β-unsaturated/α-hetero) is 1. The van der Waals surface area contributed by atoms with Crippen molar-refractivity contribution in [1.82, 2.24) is 0 Å². The van der Waals surface area contributed by atoms with Crippen LogP contribution in [0.3, 0.4) is 0 Å². The zero-order valence-corrected chi connectivity index (χ0v) is 8.18. The number of aliphatic hydroxyl groups is 1. The van der Waals surface area contributed by atoms with Crippen LogP contribution in [0.25, 0.3) is 0 Å². The van der Waals surface area contributed by atoms with Gasteiger partial charge in [-0.15, -0.1) is 0 Å². The van der Waals surface area contributed by atoms with Gasteiger partial charge in [-0.25, -0.2) is 0 Å². The van der Waals surface area contributed by atoms with E-state index < -0.39 is 0 Å². The highest BCUT2D eigenvalue weighted by atomic mass is 16.5. The molecule has 1 N–H and O–H groups in total. The quantitative estimate of drug-likeness (QED) is 0.634. The summed E-state index contributed by atoms with van der Waals surface area (Å²) in [5.41, 5.74) is 0. The van der Waals surface area contributed by atoms with Crippen LogP contribution in [0.2, 0.25) is 0 Å². The highest BCUT2D eigenvalue weighted by molar-refractivity contribution is 5.72. The Labute approximate surface area is 69.4 Å². The first-order valence-corrected chi connectivity index (χ1v) is 3.63. The average molecular weight is 164 g/mol. The van der Waals surface area contributed by atoms with E-state index in [2.05, 4.69) is 4.74 Å². The van der Waals surface area contributed by atoms with Crippen molar-refractivity contribution in [2.75, 3.05) is 20.3 Å². The minimum absolute atomic E-state index is 0.167. The minimum atomic E-state index is 0.167. The Morgan fingerprint density at radius 1 is 1.36 bits per heavy atom. The second-order valence-electron chi connectivity index (χ2n) is 1.80. The molecule has 0 spiro atoms. The van der Waals surface area contributed by atoms with Crippen LogP contribution in [-0.2, 0) is 9.53 Å². The lowest BCUT2D eigenvalue weighted by molar-refractivity contribution is -0.114. The Morgan fingerprint density at radius 2 is 1.45 bits per heavy atom. The normalized spacial score (nSPS) is 6.73. The minimum Gasteiger partial charge on any atom is -0.397 e. The van der Waals surface area contributed by atoms with Gasteiger partial charge in [0.2, 0.25) is 0 Å². The van der Waals surface area contributed by atoms with Gasteiger partial charge >= 0.3 is 0 Å². The molecule has 0 aliphatic carbocycles. The Morgan fingerprint density at radius 3 is 1.45 bits per heavy atom. The first kappa shape index (κ1) is 16.9. The molecule has 3 nitrogen and oxygen atoms in total. The lowest BCUT2D eigenvalue weighted by Gasteiger charge is -1.76. The molecule has 0 rings (SSSR count). The molecule has 0 saturated heterocycles. The van der Waals surface area contributed by atoms with E-state index in [4.69, 9.17) is 5.11 Å². The number of carbonyl (C=O) groups excluding carboxylic acids is 1.